The number of rotatable bonds is 6. The Morgan fingerprint density at radius 1 is 1.21 bits per heavy atom. The van der Waals surface area contributed by atoms with Crippen molar-refractivity contribution in [3.63, 3.8) is 0 Å². The molecule has 4 nitrogen and oxygen atoms in total. The number of aromatic nitrogens is 1. The first kappa shape index (κ1) is 16.5. The van der Waals surface area contributed by atoms with Crippen molar-refractivity contribution in [2.45, 2.75) is 13.0 Å². The minimum Gasteiger partial charge on any atom is -0.489 e. The molecule has 6 heteroatoms. The topological polar surface area (TPSA) is 65.2 Å². The number of hydrogen-bond acceptors (Lipinski definition) is 4. The second kappa shape index (κ2) is 7.47. The number of thiazole rings is 1. The Bertz CT molecular complexity index is 849. The van der Waals surface area contributed by atoms with Crippen molar-refractivity contribution in [3.05, 3.63) is 80.8 Å². The summed E-state index contributed by atoms with van der Waals surface area (Å²) in [5, 5.41) is 3.08. The summed E-state index contributed by atoms with van der Waals surface area (Å²) < 4.78 is 5.93. The molecule has 0 atom stereocenters. The van der Waals surface area contributed by atoms with Gasteiger partial charge in [-0.25, -0.2) is 4.98 Å². The van der Waals surface area contributed by atoms with Gasteiger partial charge in [0.1, 0.15) is 18.1 Å². The summed E-state index contributed by atoms with van der Waals surface area (Å²) in [6.07, 6.45) is 0.530. The largest absolute Gasteiger partial charge is 0.489 e. The van der Waals surface area contributed by atoms with Gasteiger partial charge >= 0.3 is 0 Å². The Morgan fingerprint density at radius 3 is 2.71 bits per heavy atom. The molecule has 0 saturated carbocycles. The summed E-state index contributed by atoms with van der Waals surface area (Å²) in [5.41, 5.74) is 7.53. The summed E-state index contributed by atoms with van der Waals surface area (Å²) in [5.74, 6) is 0.225. The molecule has 2 aromatic carbocycles. The summed E-state index contributed by atoms with van der Waals surface area (Å²) in [6.45, 7) is 0.472. The summed E-state index contributed by atoms with van der Waals surface area (Å²) in [7, 11) is 0. The molecule has 0 bridgehead atoms. The number of carbonyl (C=O) groups is 1. The van der Waals surface area contributed by atoms with Crippen LogP contribution in [0.4, 0.5) is 0 Å². The van der Waals surface area contributed by atoms with Crippen LogP contribution in [-0.4, -0.2) is 10.9 Å². The second-order valence-corrected chi connectivity index (χ2v) is 6.57. The first-order valence-electron chi connectivity index (χ1n) is 7.31. The van der Waals surface area contributed by atoms with Crippen LogP contribution < -0.4 is 10.5 Å². The molecule has 24 heavy (non-hydrogen) atoms. The lowest BCUT2D eigenvalue weighted by Crippen LogP contribution is -2.11. The van der Waals surface area contributed by atoms with E-state index in [2.05, 4.69) is 4.98 Å². The van der Waals surface area contributed by atoms with E-state index in [0.717, 1.165) is 21.9 Å². The number of benzene rings is 2. The number of hydrogen-bond donors (Lipinski definition) is 1. The quantitative estimate of drug-likeness (QED) is 0.722. The Hall–Kier alpha value is -2.37. The molecule has 3 rings (SSSR count). The molecule has 122 valence electrons. The molecule has 0 radical (unpaired) electrons. The first-order valence-corrected chi connectivity index (χ1v) is 8.57. The SMILES string of the molecule is NC(=O)c1csc(Cc2cc(Cl)ccc2OCc2ccccc2)n1. The van der Waals surface area contributed by atoms with E-state index in [0.29, 0.717) is 18.1 Å². The van der Waals surface area contributed by atoms with Gasteiger partial charge in [-0.2, -0.15) is 0 Å². The number of nitrogens with two attached hydrogens (primary N) is 1. The van der Waals surface area contributed by atoms with Gasteiger partial charge < -0.3 is 10.5 Å². The Labute approximate surface area is 148 Å². The third-order valence-electron chi connectivity index (χ3n) is 3.41. The number of carbonyl (C=O) groups excluding carboxylic acids is 1. The predicted molar refractivity (Wildman–Crippen MR) is 95.7 cm³/mol. The maximum absolute atomic E-state index is 11.2. The van der Waals surface area contributed by atoms with E-state index in [1.807, 2.05) is 42.5 Å². The van der Waals surface area contributed by atoms with Crippen LogP contribution in [0.2, 0.25) is 5.02 Å². The molecule has 0 saturated heterocycles. The molecule has 1 heterocycles. The minimum atomic E-state index is -0.524. The first-order chi connectivity index (χ1) is 11.6. The highest BCUT2D eigenvalue weighted by Gasteiger charge is 2.11. The Kier molecular flexibility index (Phi) is 5.13. The molecule has 0 aliphatic rings. The van der Waals surface area contributed by atoms with Gasteiger partial charge in [-0.05, 0) is 23.8 Å². The molecule has 2 N–H and O–H groups in total. The van der Waals surface area contributed by atoms with Crippen LogP contribution in [0.3, 0.4) is 0 Å². The van der Waals surface area contributed by atoms with Gasteiger partial charge in [-0.15, -0.1) is 11.3 Å². The monoisotopic (exact) mass is 358 g/mol. The van der Waals surface area contributed by atoms with Crippen molar-refractivity contribution in [2.24, 2.45) is 5.73 Å². The lowest BCUT2D eigenvalue weighted by atomic mass is 10.1. The van der Waals surface area contributed by atoms with Crippen molar-refractivity contribution in [1.29, 1.82) is 0 Å². The van der Waals surface area contributed by atoms with Crippen molar-refractivity contribution in [1.82, 2.24) is 4.98 Å². The van der Waals surface area contributed by atoms with Gasteiger partial charge in [0.15, 0.2) is 0 Å². The molecule has 0 aliphatic carbocycles. The summed E-state index contributed by atoms with van der Waals surface area (Å²) >= 11 is 7.50. The fourth-order valence-electron chi connectivity index (χ4n) is 2.23. The normalized spacial score (nSPS) is 10.5. The standard InChI is InChI=1S/C18H15ClN2O2S/c19-14-6-7-16(23-10-12-4-2-1-3-5-12)13(8-14)9-17-21-15(11-24-17)18(20)22/h1-8,11H,9-10H2,(H2,20,22). The van der Waals surface area contributed by atoms with E-state index in [9.17, 15) is 4.79 Å². The maximum Gasteiger partial charge on any atom is 0.268 e. The van der Waals surface area contributed by atoms with Crippen LogP contribution in [0.25, 0.3) is 0 Å². The fourth-order valence-corrected chi connectivity index (χ4v) is 3.23. The molecule has 0 spiro atoms. The predicted octanol–water partition coefficient (Wildman–Crippen LogP) is 4.07. The van der Waals surface area contributed by atoms with Crippen molar-refractivity contribution in [2.75, 3.05) is 0 Å². The fraction of sp³-hybridized carbons (Fsp3) is 0.111. The molecule has 0 unspecified atom stereocenters. The molecule has 1 amide bonds. The van der Waals surface area contributed by atoms with Crippen LogP contribution in [0, 0.1) is 0 Å². The van der Waals surface area contributed by atoms with E-state index < -0.39 is 5.91 Å². The Balaban J connectivity index is 1.78. The van der Waals surface area contributed by atoms with Gasteiger partial charge in [-0.1, -0.05) is 41.9 Å². The highest BCUT2D eigenvalue weighted by molar-refractivity contribution is 7.09. The lowest BCUT2D eigenvalue weighted by Gasteiger charge is -2.11. The van der Waals surface area contributed by atoms with Gasteiger partial charge in [0.2, 0.25) is 0 Å². The van der Waals surface area contributed by atoms with Gasteiger partial charge in [0, 0.05) is 22.4 Å². The average molecular weight is 359 g/mol. The molecule has 0 fully saturated rings. The molecular formula is C18H15ClN2O2S. The van der Waals surface area contributed by atoms with E-state index >= 15 is 0 Å². The van der Waals surface area contributed by atoms with E-state index in [1.165, 1.54) is 11.3 Å². The number of nitrogens with zero attached hydrogens (tertiary/aromatic N) is 1. The smallest absolute Gasteiger partial charge is 0.268 e. The maximum atomic E-state index is 11.2. The third-order valence-corrected chi connectivity index (χ3v) is 4.49. The van der Waals surface area contributed by atoms with Crippen LogP contribution in [0.5, 0.6) is 5.75 Å². The van der Waals surface area contributed by atoms with Gasteiger partial charge in [-0.3, -0.25) is 4.79 Å². The van der Waals surface area contributed by atoms with Crippen molar-refractivity contribution in [3.8, 4) is 5.75 Å². The van der Waals surface area contributed by atoms with E-state index in [-0.39, 0.29) is 5.69 Å². The number of primary amides is 1. The van der Waals surface area contributed by atoms with Gasteiger partial charge in [0.05, 0.1) is 5.01 Å². The molecule has 0 aliphatic heterocycles. The van der Waals surface area contributed by atoms with Crippen LogP contribution >= 0.6 is 22.9 Å². The zero-order valence-electron chi connectivity index (χ0n) is 12.7. The number of halogens is 1. The summed E-state index contributed by atoms with van der Waals surface area (Å²) in [4.78, 5) is 15.4. The average Bonchev–Trinajstić information content (AvgIpc) is 3.04. The van der Waals surface area contributed by atoms with Crippen LogP contribution in [0.15, 0.2) is 53.9 Å². The van der Waals surface area contributed by atoms with Crippen molar-refractivity contribution < 1.29 is 9.53 Å². The highest BCUT2D eigenvalue weighted by Crippen LogP contribution is 2.27. The van der Waals surface area contributed by atoms with Gasteiger partial charge in [0.25, 0.3) is 5.91 Å². The Morgan fingerprint density at radius 2 is 2.00 bits per heavy atom. The van der Waals surface area contributed by atoms with E-state index in [4.69, 9.17) is 22.1 Å². The minimum absolute atomic E-state index is 0.281. The summed E-state index contributed by atoms with van der Waals surface area (Å²) in [6, 6.07) is 15.4. The van der Waals surface area contributed by atoms with E-state index in [1.54, 1.807) is 11.4 Å². The van der Waals surface area contributed by atoms with Crippen molar-refractivity contribution >= 4 is 28.8 Å². The second-order valence-electron chi connectivity index (χ2n) is 5.19. The zero-order chi connectivity index (χ0) is 16.9. The van der Waals surface area contributed by atoms with Crippen LogP contribution in [0.1, 0.15) is 26.6 Å². The molecular weight excluding hydrogens is 344 g/mol. The highest BCUT2D eigenvalue weighted by atomic mass is 35.5. The third kappa shape index (κ3) is 4.13. The van der Waals surface area contributed by atoms with Crippen LogP contribution in [-0.2, 0) is 13.0 Å². The zero-order valence-corrected chi connectivity index (χ0v) is 14.3. The molecule has 1 aromatic heterocycles. The number of ether oxygens (including phenoxy) is 1. The molecule has 3 aromatic rings. The number of amides is 1. The lowest BCUT2D eigenvalue weighted by molar-refractivity contribution is 0.0996.